The first-order valence-corrected chi connectivity index (χ1v) is 22.6. The number of allylic oxidation sites excluding steroid dienone is 3. The van der Waals surface area contributed by atoms with Gasteiger partial charge in [-0.25, -0.2) is 9.98 Å². The number of benzene rings is 5. The average Bonchev–Trinajstić information content (AvgIpc) is 4.20. The van der Waals surface area contributed by atoms with E-state index in [-0.39, 0.29) is 23.1 Å². The number of hydrogen-bond donors (Lipinski definition) is 2. The first kappa shape index (κ1) is 44.5. The molecule has 5 aromatic carbocycles. The molecule has 4 heterocycles. The zero-order chi connectivity index (χ0) is 44.0. The maximum absolute atomic E-state index is 5.24. The first-order valence-electron chi connectivity index (χ1n) is 21.3. The molecule has 0 atom stereocenters. The van der Waals surface area contributed by atoms with Gasteiger partial charge in [0, 0.05) is 62.1 Å². The number of aryl methyl sites for hydroxylation is 2. The Morgan fingerprint density at radius 2 is 1.05 bits per heavy atom. The predicted octanol–water partition coefficient (Wildman–Crippen LogP) is 6.43. The molecular formula is C59H46MgN4S+2. The van der Waals surface area contributed by atoms with Gasteiger partial charge in [-0.2, -0.15) is 0 Å². The molecule has 0 aliphatic carbocycles. The van der Waals surface area contributed by atoms with Crippen LogP contribution in [0.5, 0.6) is 0 Å². The minimum atomic E-state index is 0. The molecule has 4 nitrogen and oxygen atoms in total. The second-order valence-corrected chi connectivity index (χ2v) is 16.8. The Labute approximate surface area is 402 Å². The summed E-state index contributed by atoms with van der Waals surface area (Å²) in [6.45, 7) is 11.5. The van der Waals surface area contributed by atoms with Gasteiger partial charge in [0.25, 0.3) is 0 Å². The van der Waals surface area contributed by atoms with Crippen molar-refractivity contribution in [3.8, 4) is 23.7 Å². The SMILES string of the molecule is C=C(c1ccc(SC)cc1)c1ccc(/C(=C2/C=CC(C(/C)=c3/cc/c(=C(/C4=[NH+]CC=C4)c4ccc(C#Cc5ccc(C)cc5)cc4)[n-]3)=[NH+]2)c2ccc(C#Cc3ccc(C)cc3)cc2)[n-]1.[Mg+2]. The molecule has 2 aromatic heterocycles. The van der Waals surface area contributed by atoms with E-state index in [4.69, 9.17) is 9.97 Å². The van der Waals surface area contributed by atoms with E-state index >= 15 is 0 Å². The molecule has 65 heavy (non-hydrogen) atoms. The van der Waals surface area contributed by atoms with Crippen molar-refractivity contribution in [2.75, 3.05) is 12.8 Å². The zero-order valence-electron chi connectivity index (χ0n) is 37.1. The van der Waals surface area contributed by atoms with Crippen LogP contribution in [0, 0.1) is 37.5 Å². The van der Waals surface area contributed by atoms with Crippen LogP contribution in [-0.2, 0) is 0 Å². The second-order valence-electron chi connectivity index (χ2n) is 15.9. The van der Waals surface area contributed by atoms with Crippen molar-refractivity contribution in [3.63, 3.8) is 0 Å². The fraction of sp³-hybridized carbons (Fsp3) is 0.0847. The topological polar surface area (TPSA) is 56.1 Å². The normalized spacial score (nSPS) is 14.3. The van der Waals surface area contributed by atoms with Crippen LogP contribution in [0.3, 0.4) is 0 Å². The predicted molar refractivity (Wildman–Crippen MR) is 271 cm³/mol. The molecular weight excluding hydrogens is 821 g/mol. The molecule has 2 N–H and O–H groups in total. The van der Waals surface area contributed by atoms with Gasteiger partial charge < -0.3 is 9.97 Å². The van der Waals surface area contributed by atoms with Crippen LogP contribution in [-0.4, -0.2) is 47.3 Å². The third-order valence-corrected chi connectivity index (χ3v) is 12.1. The van der Waals surface area contributed by atoms with E-state index in [0.717, 1.165) is 107 Å². The van der Waals surface area contributed by atoms with Gasteiger partial charge in [-0.3, -0.25) is 0 Å². The molecule has 308 valence electrons. The summed E-state index contributed by atoms with van der Waals surface area (Å²) < 4.78 is 0. The molecule has 6 heteroatoms. The number of hydrogen-bond acceptors (Lipinski definition) is 1. The summed E-state index contributed by atoms with van der Waals surface area (Å²) in [5.74, 6) is 13.3. The molecule has 0 amide bonds. The Balaban J connectivity index is 0.00000576. The maximum atomic E-state index is 5.24. The van der Waals surface area contributed by atoms with Crippen LogP contribution in [0.2, 0.25) is 0 Å². The molecule has 7 aromatic rings. The fourth-order valence-corrected chi connectivity index (χ4v) is 8.09. The first-order chi connectivity index (χ1) is 31.3. The van der Waals surface area contributed by atoms with E-state index in [2.05, 4.69) is 237 Å². The molecule has 2 aliphatic heterocycles. The van der Waals surface area contributed by atoms with E-state index in [1.165, 1.54) is 16.0 Å². The van der Waals surface area contributed by atoms with Crippen LogP contribution in [0.25, 0.3) is 22.3 Å². The standard InChI is InChI=1S/C59H44N4S.Mg/c1-39-8-12-43(13-9-39)16-18-45-20-24-48(25-21-45)58(54-7-6-38-60-54)55-36-33-52(62-55)42(4)53-34-37-57(63-53)59(49-26-22-46(23-27-49)19-17-44-14-10-40(2)11-15-44)56-35-32-51(61-56)41(3)47-28-30-50(64-5)31-29-47;/h6-15,20-37H,3,38H2,1-2,4-5H3;/q-2;+2/p+2/b52-42-,58-55-,59-57-;. The van der Waals surface area contributed by atoms with E-state index < -0.39 is 0 Å². The van der Waals surface area contributed by atoms with E-state index in [1.807, 2.05) is 0 Å². The maximum Gasteiger partial charge on any atom is 2.00 e. The molecule has 0 unspecified atom stereocenters. The van der Waals surface area contributed by atoms with E-state index in [9.17, 15) is 0 Å². The van der Waals surface area contributed by atoms with Crippen molar-refractivity contribution in [1.82, 2.24) is 9.97 Å². The van der Waals surface area contributed by atoms with Crippen molar-refractivity contribution in [3.05, 3.63) is 254 Å². The molecule has 0 saturated carbocycles. The Kier molecular flexibility index (Phi) is 13.8. The zero-order valence-corrected chi connectivity index (χ0v) is 39.3. The third kappa shape index (κ3) is 10.3. The van der Waals surface area contributed by atoms with Gasteiger partial charge >= 0.3 is 23.1 Å². The van der Waals surface area contributed by atoms with E-state index in [1.54, 1.807) is 11.8 Å². The summed E-state index contributed by atoms with van der Waals surface area (Å²) in [5.41, 5.74) is 18.1. The van der Waals surface area contributed by atoms with Gasteiger partial charge in [0.1, 0.15) is 0 Å². The molecule has 9 rings (SSSR count). The van der Waals surface area contributed by atoms with Crippen LogP contribution >= 0.6 is 11.8 Å². The average molecular weight is 867 g/mol. The largest absolute Gasteiger partial charge is 2.00 e. The summed E-state index contributed by atoms with van der Waals surface area (Å²) in [7, 11) is 0. The Hall–Kier alpha value is -7.06. The van der Waals surface area contributed by atoms with Crippen molar-refractivity contribution in [1.29, 1.82) is 0 Å². The van der Waals surface area contributed by atoms with Gasteiger partial charge in [0.05, 0.1) is 0 Å². The van der Waals surface area contributed by atoms with Gasteiger partial charge in [-0.05, 0) is 116 Å². The van der Waals surface area contributed by atoms with Gasteiger partial charge in [-0.1, -0.05) is 126 Å². The van der Waals surface area contributed by atoms with Crippen molar-refractivity contribution < 1.29 is 9.98 Å². The summed E-state index contributed by atoms with van der Waals surface area (Å²) in [4.78, 5) is 18.9. The van der Waals surface area contributed by atoms with E-state index in [0.29, 0.717) is 0 Å². The number of rotatable bonds is 8. The number of nitrogens with one attached hydrogen (secondary N) is 2. The second kappa shape index (κ2) is 20.2. The Bertz CT molecular complexity index is 3330. The van der Waals surface area contributed by atoms with Crippen molar-refractivity contribution in [2.45, 2.75) is 25.7 Å². The summed E-state index contributed by atoms with van der Waals surface area (Å²) in [6, 6.07) is 50.3. The summed E-state index contributed by atoms with van der Waals surface area (Å²) >= 11 is 1.72. The minimum absolute atomic E-state index is 0. The summed E-state index contributed by atoms with van der Waals surface area (Å²) in [5, 5.41) is 1.81. The van der Waals surface area contributed by atoms with Gasteiger partial charge in [0.15, 0.2) is 6.54 Å². The summed E-state index contributed by atoms with van der Waals surface area (Å²) in [6.07, 6.45) is 10.6. The molecule has 0 spiro atoms. The van der Waals surface area contributed by atoms with Crippen LogP contribution in [0.1, 0.15) is 68.4 Å². The monoisotopic (exact) mass is 866 g/mol. The fourth-order valence-electron chi connectivity index (χ4n) is 7.68. The van der Waals surface area contributed by atoms with Crippen LogP contribution in [0.4, 0.5) is 0 Å². The minimum Gasteiger partial charge on any atom is -0.657 e. The molecule has 0 radical (unpaired) electrons. The van der Waals surface area contributed by atoms with Gasteiger partial charge in [-0.15, -0.1) is 33.8 Å². The van der Waals surface area contributed by atoms with Crippen LogP contribution in [0.15, 0.2) is 187 Å². The molecule has 0 saturated heterocycles. The third-order valence-electron chi connectivity index (χ3n) is 11.4. The smallest absolute Gasteiger partial charge is 0.657 e. The Morgan fingerprint density at radius 1 is 0.538 bits per heavy atom. The number of thioether (sulfide) groups is 1. The van der Waals surface area contributed by atoms with Crippen LogP contribution < -0.4 is 30.7 Å². The number of aromatic nitrogens is 2. The van der Waals surface area contributed by atoms with Crippen molar-refractivity contribution in [2.24, 2.45) is 0 Å². The molecule has 0 fully saturated rings. The molecule has 2 aliphatic rings. The van der Waals surface area contributed by atoms with Gasteiger partial charge in [0.2, 0.25) is 17.1 Å². The number of nitrogens with zero attached hydrogens (tertiary/aromatic N) is 2. The van der Waals surface area contributed by atoms with Crippen molar-refractivity contribution >= 4 is 68.5 Å². The quantitative estimate of drug-likeness (QED) is 0.105. The Morgan fingerprint density at radius 3 is 1.58 bits per heavy atom. The molecule has 0 bridgehead atoms.